The molecule has 0 aliphatic carbocycles. The van der Waals surface area contributed by atoms with Crippen LogP contribution >= 0.6 is 0 Å². The number of fused-ring (bicyclic) bond motifs is 1. The van der Waals surface area contributed by atoms with E-state index in [4.69, 9.17) is 4.42 Å². The fourth-order valence-corrected chi connectivity index (χ4v) is 2.01. The molecule has 0 bridgehead atoms. The average molecular weight is 297 g/mol. The van der Waals surface area contributed by atoms with Gasteiger partial charge in [0, 0.05) is 26.5 Å². The van der Waals surface area contributed by atoms with Gasteiger partial charge in [0.25, 0.3) is 5.78 Å². The van der Waals surface area contributed by atoms with Crippen LogP contribution in [0.1, 0.15) is 23.0 Å². The second-order valence-corrected chi connectivity index (χ2v) is 5.02. The molecule has 3 aromatic rings. The molecular formula is C15H15N5O2. The summed E-state index contributed by atoms with van der Waals surface area (Å²) in [6.45, 7) is 1.50. The Balaban J connectivity index is 2.22. The number of hydrogen-bond donors (Lipinski definition) is 0. The number of rotatable bonds is 4. The maximum Gasteiger partial charge on any atom is 0.253 e. The molecule has 0 unspecified atom stereocenters. The first-order chi connectivity index (χ1) is 10.6. The maximum atomic E-state index is 11.8. The lowest BCUT2D eigenvalue weighted by molar-refractivity contribution is 0.101. The molecule has 22 heavy (non-hydrogen) atoms. The van der Waals surface area contributed by atoms with Crippen LogP contribution in [0.25, 0.3) is 23.4 Å². The van der Waals surface area contributed by atoms with Crippen molar-refractivity contribution >= 4 is 17.6 Å². The molecule has 0 aromatic carbocycles. The number of aromatic nitrogens is 4. The van der Waals surface area contributed by atoms with E-state index in [1.165, 1.54) is 13.1 Å². The zero-order valence-corrected chi connectivity index (χ0v) is 12.5. The molecule has 0 saturated heterocycles. The number of nitrogens with zero attached hydrogens (tertiary/aromatic N) is 5. The molecular weight excluding hydrogens is 282 g/mol. The van der Waals surface area contributed by atoms with Crippen LogP contribution in [-0.4, -0.2) is 44.4 Å². The molecule has 0 saturated carbocycles. The Morgan fingerprint density at radius 2 is 2.23 bits per heavy atom. The first-order valence-electron chi connectivity index (χ1n) is 6.71. The number of Topliss-reactive ketones (excluding diaryl/α,β-unsaturated/α-hetero) is 1. The molecule has 0 N–H and O–H groups in total. The summed E-state index contributed by atoms with van der Waals surface area (Å²) in [5.41, 5.74) is 1.12. The Labute approximate surface area is 126 Å². The summed E-state index contributed by atoms with van der Waals surface area (Å²) in [5.74, 6) is 1.31. The van der Waals surface area contributed by atoms with Crippen LogP contribution in [0.4, 0.5) is 0 Å². The second kappa shape index (κ2) is 5.44. The fraction of sp³-hybridized carbons (Fsp3) is 0.200. The van der Waals surface area contributed by atoms with Gasteiger partial charge in [-0.1, -0.05) is 0 Å². The van der Waals surface area contributed by atoms with Gasteiger partial charge in [-0.05, 0) is 25.1 Å². The molecule has 3 heterocycles. The minimum atomic E-state index is -0.0807. The lowest BCUT2D eigenvalue weighted by Gasteiger charge is -2.06. The SMILES string of the molecule is CC(=O)c1cnc2nc(-c3ccco3)nn2c1/C=C/N(C)C. The number of furan rings is 1. The van der Waals surface area contributed by atoms with E-state index in [1.807, 2.05) is 31.3 Å². The first kappa shape index (κ1) is 14.0. The van der Waals surface area contributed by atoms with Crippen molar-refractivity contribution in [2.75, 3.05) is 14.1 Å². The van der Waals surface area contributed by atoms with Crippen molar-refractivity contribution in [3.05, 3.63) is 42.1 Å². The Morgan fingerprint density at radius 3 is 2.86 bits per heavy atom. The largest absolute Gasteiger partial charge is 0.461 e. The quantitative estimate of drug-likeness (QED) is 0.686. The number of carbonyl (C=O) groups is 1. The molecule has 7 heteroatoms. The van der Waals surface area contributed by atoms with E-state index in [-0.39, 0.29) is 5.78 Å². The van der Waals surface area contributed by atoms with E-state index in [9.17, 15) is 4.79 Å². The third-order valence-electron chi connectivity index (χ3n) is 3.05. The van der Waals surface area contributed by atoms with Gasteiger partial charge in [0.15, 0.2) is 11.5 Å². The summed E-state index contributed by atoms with van der Waals surface area (Å²) in [5, 5.41) is 4.40. The van der Waals surface area contributed by atoms with Gasteiger partial charge in [-0.2, -0.15) is 9.50 Å². The first-order valence-corrected chi connectivity index (χ1v) is 6.71. The predicted molar refractivity (Wildman–Crippen MR) is 81.2 cm³/mol. The van der Waals surface area contributed by atoms with Crippen LogP contribution < -0.4 is 0 Å². The van der Waals surface area contributed by atoms with Crippen LogP contribution in [0.2, 0.25) is 0 Å². The fourth-order valence-electron chi connectivity index (χ4n) is 2.01. The predicted octanol–water partition coefficient (Wildman–Crippen LogP) is 2.12. The topological polar surface area (TPSA) is 76.5 Å². The van der Waals surface area contributed by atoms with E-state index >= 15 is 0 Å². The van der Waals surface area contributed by atoms with Crippen molar-refractivity contribution in [3.8, 4) is 11.6 Å². The third-order valence-corrected chi connectivity index (χ3v) is 3.05. The van der Waals surface area contributed by atoms with Gasteiger partial charge < -0.3 is 9.32 Å². The Hall–Kier alpha value is -2.96. The summed E-state index contributed by atoms with van der Waals surface area (Å²) in [6.07, 6.45) is 6.73. The molecule has 0 radical (unpaired) electrons. The van der Waals surface area contributed by atoms with Gasteiger partial charge in [0.05, 0.1) is 17.5 Å². The molecule has 0 spiro atoms. The van der Waals surface area contributed by atoms with Crippen molar-refractivity contribution in [2.45, 2.75) is 6.92 Å². The van der Waals surface area contributed by atoms with Crippen molar-refractivity contribution in [3.63, 3.8) is 0 Å². The van der Waals surface area contributed by atoms with Gasteiger partial charge in [-0.25, -0.2) is 4.98 Å². The number of hydrogen-bond acceptors (Lipinski definition) is 6. The third kappa shape index (κ3) is 2.48. The molecule has 3 aromatic heterocycles. The molecule has 112 valence electrons. The highest BCUT2D eigenvalue weighted by Gasteiger charge is 2.16. The van der Waals surface area contributed by atoms with E-state index < -0.39 is 0 Å². The summed E-state index contributed by atoms with van der Waals surface area (Å²) >= 11 is 0. The minimum Gasteiger partial charge on any atom is -0.461 e. The highest BCUT2D eigenvalue weighted by Crippen LogP contribution is 2.19. The average Bonchev–Trinajstić information content (AvgIpc) is 3.12. The maximum absolute atomic E-state index is 11.8. The highest BCUT2D eigenvalue weighted by molar-refractivity contribution is 5.97. The van der Waals surface area contributed by atoms with Crippen molar-refractivity contribution in [2.24, 2.45) is 0 Å². The molecule has 0 amide bonds. The van der Waals surface area contributed by atoms with Crippen LogP contribution in [0.3, 0.4) is 0 Å². The molecule has 0 fully saturated rings. The zero-order valence-electron chi connectivity index (χ0n) is 12.5. The summed E-state index contributed by atoms with van der Waals surface area (Å²) in [7, 11) is 3.80. The Morgan fingerprint density at radius 1 is 1.41 bits per heavy atom. The van der Waals surface area contributed by atoms with E-state index in [0.717, 1.165) is 0 Å². The van der Waals surface area contributed by atoms with Gasteiger partial charge in [0.2, 0.25) is 5.82 Å². The highest BCUT2D eigenvalue weighted by atomic mass is 16.3. The van der Waals surface area contributed by atoms with Gasteiger partial charge in [-0.15, -0.1) is 5.10 Å². The summed E-state index contributed by atoms with van der Waals surface area (Å²) < 4.78 is 6.86. The summed E-state index contributed by atoms with van der Waals surface area (Å²) in [4.78, 5) is 22.2. The standard InChI is InChI=1S/C15H15N5O2/c1-10(21)11-9-16-15-17-14(13-5-4-8-22-13)18-20(15)12(11)6-7-19(2)3/h4-9H,1-3H3/b7-6+. The van der Waals surface area contributed by atoms with Crippen molar-refractivity contribution in [1.29, 1.82) is 0 Å². The van der Waals surface area contributed by atoms with Gasteiger partial charge in [-0.3, -0.25) is 4.79 Å². The Bertz CT molecular complexity index is 846. The monoisotopic (exact) mass is 297 g/mol. The van der Waals surface area contributed by atoms with Crippen molar-refractivity contribution < 1.29 is 9.21 Å². The van der Waals surface area contributed by atoms with Gasteiger partial charge >= 0.3 is 0 Å². The summed E-state index contributed by atoms with van der Waals surface area (Å²) in [6, 6.07) is 3.54. The second-order valence-electron chi connectivity index (χ2n) is 5.02. The lowest BCUT2D eigenvalue weighted by atomic mass is 10.1. The molecule has 0 aliphatic heterocycles. The van der Waals surface area contributed by atoms with Gasteiger partial charge in [0.1, 0.15) is 0 Å². The molecule has 0 aliphatic rings. The van der Waals surface area contributed by atoms with Crippen LogP contribution in [0, 0.1) is 0 Å². The van der Waals surface area contributed by atoms with Crippen molar-refractivity contribution in [1.82, 2.24) is 24.5 Å². The number of ketones is 1. The lowest BCUT2D eigenvalue weighted by Crippen LogP contribution is -2.07. The molecule has 3 rings (SSSR count). The number of carbonyl (C=O) groups excluding carboxylic acids is 1. The van der Waals surface area contributed by atoms with E-state index in [1.54, 1.807) is 22.9 Å². The molecule has 0 atom stereocenters. The minimum absolute atomic E-state index is 0.0807. The van der Waals surface area contributed by atoms with E-state index in [0.29, 0.717) is 28.6 Å². The molecule has 7 nitrogen and oxygen atoms in total. The zero-order chi connectivity index (χ0) is 15.7. The Kier molecular flexibility index (Phi) is 3.46. The van der Waals surface area contributed by atoms with Crippen LogP contribution in [-0.2, 0) is 0 Å². The van der Waals surface area contributed by atoms with Crippen LogP contribution in [0.15, 0.2) is 35.2 Å². The van der Waals surface area contributed by atoms with E-state index in [2.05, 4.69) is 15.1 Å². The normalized spacial score (nSPS) is 11.4. The smallest absolute Gasteiger partial charge is 0.253 e. The van der Waals surface area contributed by atoms with Crippen LogP contribution in [0.5, 0.6) is 0 Å².